The van der Waals surface area contributed by atoms with Gasteiger partial charge in [0.2, 0.25) is 0 Å². The molecule has 0 bridgehead atoms. The van der Waals surface area contributed by atoms with Crippen LogP contribution >= 0.6 is 11.8 Å². The Morgan fingerprint density at radius 1 is 1.33 bits per heavy atom. The van der Waals surface area contributed by atoms with E-state index >= 15 is 0 Å². The third-order valence-electron chi connectivity index (χ3n) is 5.07. The van der Waals surface area contributed by atoms with Gasteiger partial charge in [-0.3, -0.25) is 4.79 Å². The smallest absolute Gasteiger partial charge is 0.286 e. The number of aryl methyl sites for hydroxylation is 1. The van der Waals surface area contributed by atoms with E-state index in [2.05, 4.69) is 22.1 Å². The molecule has 1 fully saturated rings. The van der Waals surface area contributed by atoms with Crippen molar-refractivity contribution in [2.45, 2.75) is 43.5 Å². The second kappa shape index (κ2) is 9.99. The van der Waals surface area contributed by atoms with E-state index in [-0.39, 0.29) is 5.91 Å². The van der Waals surface area contributed by atoms with Crippen LogP contribution in [0.25, 0.3) is 0 Å². The van der Waals surface area contributed by atoms with Crippen molar-refractivity contribution < 1.29 is 9.21 Å². The fraction of sp³-hybridized carbons (Fsp3) is 0.600. The minimum Gasteiger partial charge on any atom is -0.455 e. The first-order valence-electron chi connectivity index (χ1n) is 9.81. The molecule has 0 aliphatic carbocycles. The van der Waals surface area contributed by atoms with Gasteiger partial charge in [0.25, 0.3) is 5.91 Å². The minimum atomic E-state index is -0.130. The lowest BCUT2D eigenvalue weighted by Crippen LogP contribution is -2.34. The molecule has 3 heterocycles. The molecular formula is C20H30N4O2S. The van der Waals surface area contributed by atoms with Crippen LogP contribution in [0.4, 0.5) is 0 Å². The normalized spacial score (nSPS) is 15.9. The predicted octanol–water partition coefficient (Wildman–Crippen LogP) is 3.55. The molecule has 1 amide bonds. The highest BCUT2D eigenvalue weighted by Gasteiger charge is 2.15. The fourth-order valence-corrected chi connectivity index (χ4v) is 4.07. The number of carbonyl (C=O) groups is 1. The van der Waals surface area contributed by atoms with Crippen molar-refractivity contribution >= 4 is 17.7 Å². The highest BCUT2D eigenvalue weighted by atomic mass is 32.2. The van der Waals surface area contributed by atoms with E-state index in [4.69, 9.17) is 4.42 Å². The third kappa shape index (κ3) is 6.14. The zero-order valence-corrected chi connectivity index (χ0v) is 17.1. The van der Waals surface area contributed by atoms with Gasteiger partial charge >= 0.3 is 0 Å². The van der Waals surface area contributed by atoms with E-state index < -0.39 is 0 Å². The molecule has 1 saturated heterocycles. The number of hydrogen-bond donors (Lipinski definition) is 1. The Balaban J connectivity index is 1.31. The molecule has 7 heteroatoms. The Labute approximate surface area is 165 Å². The van der Waals surface area contributed by atoms with Crippen LogP contribution in [0, 0.1) is 5.92 Å². The monoisotopic (exact) mass is 390 g/mol. The van der Waals surface area contributed by atoms with Gasteiger partial charge in [0.05, 0.1) is 5.75 Å². The van der Waals surface area contributed by atoms with Crippen molar-refractivity contribution in [2.75, 3.05) is 26.2 Å². The zero-order valence-electron chi connectivity index (χ0n) is 16.3. The van der Waals surface area contributed by atoms with Gasteiger partial charge in [-0.2, -0.15) is 0 Å². The summed E-state index contributed by atoms with van der Waals surface area (Å²) in [5.74, 6) is 2.57. The standard InChI is InChI=1S/C20H30N4O2S/c1-16-7-12-24(13-8-16)11-4-3-9-21-19(25)18-6-5-17(26-18)15-27-20-22-10-14-23(20)2/h5-6,10,14,16H,3-4,7-9,11-13,15H2,1-2H3,(H,21,25). The summed E-state index contributed by atoms with van der Waals surface area (Å²) >= 11 is 1.59. The summed E-state index contributed by atoms with van der Waals surface area (Å²) in [6.45, 7) is 6.61. The van der Waals surface area contributed by atoms with Gasteiger partial charge in [0, 0.05) is 26.0 Å². The van der Waals surface area contributed by atoms with Crippen molar-refractivity contribution in [1.82, 2.24) is 19.8 Å². The number of unbranched alkanes of at least 4 members (excludes halogenated alkanes) is 1. The highest BCUT2D eigenvalue weighted by molar-refractivity contribution is 7.98. The van der Waals surface area contributed by atoms with Crippen LogP contribution in [0.15, 0.2) is 34.1 Å². The van der Waals surface area contributed by atoms with E-state index in [9.17, 15) is 4.79 Å². The Morgan fingerprint density at radius 3 is 2.89 bits per heavy atom. The number of likely N-dealkylation sites (tertiary alicyclic amines) is 1. The molecule has 0 atom stereocenters. The molecule has 0 saturated carbocycles. The number of furan rings is 1. The van der Waals surface area contributed by atoms with Crippen LogP contribution in [-0.4, -0.2) is 46.5 Å². The van der Waals surface area contributed by atoms with Crippen LogP contribution in [0.3, 0.4) is 0 Å². The number of carbonyl (C=O) groups excluding carboxylic acids is 1. The first kappa shape index (κ1) is 20.0. The molecule has 0 aromatic carbocycles. The van der Waals surface area contributed by atoms with Crippen molar-refractivity contribution in [3.8, 4) is 0 Å². The molecule has 148 valence electrons. The number of hydrogen-bond acceptors (Lipinski definition) is 5. The number of nitrogens with zero attached hydrogens (tertiary/aromatic N) is 3. The van der Waals surface area contributed by atoms with Gasteiger partial charge < -0.3 is 19.2 Å². The van der Waals surface area contributed by atoms with Gasteiger partial charge in [-0.15, -0.1) is 0 Å². The maximum atomic E-state index is 12.2. The molecule has 1 aliphatic rings. The van der Waals surface area contributed by atoms with Crippen molar-refractivity contribution in [1.29, 1.82) is 0 Å². The summed E-state index contributed by atoms with van der Waals surface area (Å²) in [4.78, 5) is 19.0. The maximum Gasteiger partial charge on any atom is 0.286 e. The Morgan fingerprint density at radius 2 is 2.15 bits per heavy atom. The molecule has 6 nitrogen and oxygen atoms in total. The van der Waals surface area contributed by atoms with E-state index in [1.807, 2.05) is 23.9 Å². The SMILES string of the molecule is CC1CCN(CCCCNC(=O)c2ccc(CSc3nccn3C)o2)CC1. The number of amides is 1. The summed E-state index contributed by atoms with van der Waals surface area (Å²) in [5.41, 5.74) is 0. The van der Waals surface area contributed by atoms with Crippen molar-refractivity contribution in [3.05, 3.63) is 36.0 Å². The lowest BCUT2D eigenvalue weighted by atomic mass is 9.99. The molecule has 2 aromatic heterocycles. The summed E-state index contributed by atoms with van der Waals surface area (Å²) in [6, 6.07) is 3.61. The molecule has 3 rings (SSSR count). The second-order valence-corrected chi connectivity index (χ2v) is 8.31. The van der Waals surface area contributed by atoms with E-state index in [0.29, 0.717) is 18.1 Å². The van der Waals surface area contributed by atoms with Crippen molar-refractivity contribution in [2.24, 2.45) is 13.0 Å². The topological polar surface area (TPSA) is 63.3 Å². The molecule has 0 radical (unpaired) electrons. The van der Waals surface area contributed by atoms with Gasteiger partial charge in [-0.25, -0.2) is 4.98 Å². The van der Waals surface area contributed by atoms with E-state index in [1.54, 1.807) is 24.0 Å². The van der Waals surface area contributed by atoms with Crippen LogP contribution in [-0.2, 0) is 12.8 Å². The molecule has 0 spiro atoms. The number of nitrogens with one attached hydrogen (secondary N) is 1. The Bertz CT molecular complexity index is 719. The fourth-order valence-electron chi connectivity index (χ4n) is 3.24. The molecule has 0 unspecified atom stereocenters. The average molecular weight is 391 g/mol. The van der Waals surface area contributed by atoms with Gasteiger partial charge in [0.1, 0.15) is 5.76 Å². The van der Waals surface area contributed by atoms with Crippen LogP contribution < -0.4 is 5.32 Å². The quantitative estimate of drug-likeness (QED) is 0.524. The number of rotatable bonds is 9. The lowest BCUT2D eigenvalue weighted by Gasteiger charge is -2.30. The molecule has 2 aromatic rings. The molecule has 27 heavy (non-hydrogen) atoms. The summed E-state index contributed by atoms with van der Waals surface area (Å²) in [5, 5.41) is 3.89. The van der Waals surface area contributed by atoms with Crippen LogP contribution in [0.1, 0.15) is 48.9 Å². The summed E-state index contributed by atoms with van der Waals surface area (Å²) in [7, 11) is 1.96. The summed E-state index contributed by atoms with van der Waals surface area (Å²) < 4.78 is 7.63. The first-order valence-corrected chi connectivity index (χ1v) is 10.8. The Hall–Kier alpha value is -1.73. The number of thioether (sulfide) groups is 1. The number of aromatic nitrogens is 2. The minimum absolute atomic E-state index is 0.130. The average Bonchev–Trinajstić information content (AvgIpc) is 3.30. The highest BCUT2D eigenvalue weighted by Crippen LogP contribution is 2.22. The van der Waals surface area contributed by atoms with Gasteiger partial charge in [0.15, 0.2) is 10.9 Å². The van der Waals surface area contributed by atoms with Crippen molar-refractivity contribution in [3.63, 3.8) is 0 Å². The zero-order chi connectivity index (χ0) is 19.1. The lowest BCUT2D eigenvalue weighted by molar-refractivity contribution is 0.0923. The largest absolute Gasteiger partial charge is 0.455 e. The third-order valence-corrected chi connectivity index (χ3v) is 6.15. The number of imidazole rings is 1. The molecule has 1 aliphatic heterocycles. The molecular weight excluding hydrogens is 360 g/mol. The van der Waals surface area contributed by atoms with E-state index in [0.717, 1.165) is 36.2 Å². The number of piperidine rings is 1. The van der Waals surface area contributed by atoms with Gasteiger partial charge in [-0.1, -0.05) is 18.7 Å². The molecule has 1 N–H and O–H groups in total. The van der Waals surface area contributed by atoms with Crippen LogP contribution in [0.2, 0.25) is 0 Å². The second-order valence-electron chi connectivity index (χ2n) is 7.36. The van der Waals surface area contributed by atoms with E-state index in [1.165, 1.54) is 25.9 Å². The van der Waals surface area contributed by atoms with Gasteiger partial charge in [-0.05, 0) is 63.4 Å². The first-order chi connectivity index (χ1) is 13.1. The maximum absolute atomic E-state index is 12.2. The Kier molecular flexibility index (Phi) is 7.41. The summed E-state index contributed by atoms with van der Waals surface area (Å²) in [6.07, 6.45) is 8.44. The van der Waals surface area contributed by atoms with Crippen LogP contribution in [0.5, 0.6) is 0 Å². The predicted molar refractivity (Wildman–Crippen MR) is 108 cm³/mol.